The number of hydrogen-bond donors (Lipinski definition) is 15. The molecule has 17 N–H and O–H groups in total. The molecular formula is C46H69N11O13S. The molecule has 0 fully saturated rings. The molecule has 0 saturated heterocycles. The third-order valence-corrected chi connectivity index (χ3v) is 11.2. The Balaban J connectivity index is 2.40. The Labute approximate surface area is 416 Å². The first kappa shape index (κ1) is 60.3. The number of nitrogens with one attached hydrogen (secondary N) is 8. The number of amides is 9. The van der Waals surface area contributed by atoms with Gasteiger partial charge in [-0.3, -0.25) is 43.2 Å². The van der Waals surface area contributed by atoms with Crippen LogP contribution >= 0.6 is 12.6 Å². The van der Waals surface area contributed by atoms with E-state index in [0.29, 0.717) is 36.9 Å². The van der Waals surface area contributed by atoms with Crippen molar-refractivity contribution in [3.63, 3.8) is 0 Å². The molecule has 0 spiro atoms. The van der Waals surface area contributed by atoms with Gasteiger partial charge in [-0.2, -0.15) is 12.6 Å². The van der Waals surface area contributed by atoms with Crippen LogP contribution in [0.3, 0.4) is 0 Å². The summed E-state index contributed by atoms with van der Waals surface area (Å²) in [7, 11) is 0. The number of nitrogens with two attached hydrogens (primary N) is 3. The van der Waals surface area contributed by atoms with E-state index in [0.717, 1.165) is 0 Å². The van der Waals surface area contributed by atoms with Crippen LogP contribution in [0.2, 0.25) is 0 Å². The van der Waals surface area contributed by atoms with E-state index in [9.17, 15) is 63.3 Å². The molecule has 0 bridgehead atoms. The Morgan fingerprint density at radius 2 is 1.01 bits per heavy atom. The molecule has 25 heteroatoms. The topological polar surface area (TPSA) is 406 Å². The second-order valence-electron chi connectivity index (χ2n) is 17.3. The third-order valence-electron chi connectivity index (χ3n) is 10.9. The van der Waals surface area contributed by atoms with Crippen molar-refractivity contribution in [3.8, 4) is 5.75 Å². The lowest BCUT2D eigenvalue weighted by Gasteiger charge is -2.28. The number of unbranched alkanes of at least 4 members (excludes halogenated alkanes) is 1. The van der Waals surface area contributed by atoms with Gasteiger partial charge in [0.05, 0.1) is 18.6 Å². The van der Waals surface area contributed by atoms with Crippen molar-refractivity contribution in [2.24, 2.45) is 23.1 Å². The highest BCUT2D eigenvalue weighted by Crippen LogP contribution is 2.14. The van der Waals surface area contributed by atoms with E-state index >= 15 is 0 Å². The standard InChI is InChI=1S/C46H69N11O13S/c1-23(2)36(56-38(61)24(3)50-40(63)30(48)13-9-10-18-47)44(67)54-32(20-28-14-16-29(59)17-15-28)42(65)53-33(21-35(49)60)43(66)52-31(19-27-11-7-6-8-12-27)41(64)51-25(4)39(62)57-37(26(5)58)45(68)55-34(22-71)46(69)70/h6-8,11-12,14-17,23-26,30-34,36-37,58-59,71H,9-10,13,18-22,47-48H2,1-5H3,(H2,49,60)(H,50,63)(H,51,64)(H,52,66)(H,53,65)(H,54,67)(H,55,68)(H,56,61)(H,57,62)(H,69,70)/t24-,25-,26+,30-,31-,32-,33-,34-,36-,37-/m0/s1. The Bertz CT molecular complexity index is 2150. The molecule has 2 aromatic rings. The lowest BCUT2D eigenvalue weighted by molar-refractivity contribution is -0.142. The molecule has 392 valence electrons. The van der Waals surface area contributed by atoms with Gasteiger partial charge in [-0.1, -0.05) is 62.7 Å². The largest absolute Gasteiger partial charge is 0.508 e. The molecule has 0 unspecified atom stereocenters. The number of phenolic OH excluding ortho intramolecular Hbond substituents is 1. The monoisotopic (exact) mass is 1020 g/mol. The molecular weight excluding hydrogens is 947 g/mol. The van der Waals surface area contributed by atoms with Gasteiger partial charge in [0.2, 0.25) is 53.2 Å². The number of hydrogen-bond acceptors (Lipinski definition) is 15. The van der Waals surface area contributed by atoms with Gasteiger partial charge >= 0.3 is 5.97 Å². The molecule has 0 aliphatic carbocycles. The molecule has 0 radical (unpaired) electrons. The van der Waals surface area contributed by atoms with Crippen LogP contribution in [0, 0.1) is 5.92 Å². The summed E-state index contributed by atoms with van der Waals surface area (Å²) in [6.07, 6.45) is -1.20. The maximum atomic E-state index is 14.2. The van der Waals surface area contributed by atoms with E-state index in [2.05, 4.69) is 55.2 Å². The van der Waals surface area contributed by atoms with Crippen molar-refractivity contribution >= 4 is 71.8 Å². The number of aliphatic hydroxyl groups is 1. The third kappa shape index (κ3) is 21.0. The summed E-state index contributed by atoms with van der Waals surface area (Å²) in [5, 5.41) is 48.9. The van der Waals surface area contributed by atoms with Gasteiger partial charge in [0, 0.05) is 18.6 Å². The number of aliphatic carboxylic acids is 1. The zero-order valence-corrected chi connectivity index (χ0v) is 41.2. The van der Waals surface area contributed by atoms with E-state index < -0.39 is 132 Å². The van der Waals surface area contributed by atoms with Crippen LogP contribution < -0.4 is 59.7 Å². The van der Waals surface area contributed by atoms with Crippen LogP contribution in [0.15, 0.2) is 54.6 Å². The van der Waals surface area contributed by atoms with E-state index in [1.54, 1.807) is 44.2 Å². The van der Waals surface area contributed by atoms with E-state index in [-0.39, 0.29) is 24.3 Å². The number of benzene rings is 2. The number of carbonyl (C=O) groups excluding carboxylic acids is 9. The smallest absolute Gasteiger partial charge is 0.327 e. The highest BCUT2D eigenvalue weighted by Gasteiger charge is 2.36. The minimum Gasteiger partial charge on any atom is -0.508 e. The molecule has 24 nitrogen and oxygen atoms in total. The minimum absolute atomic E-state index is 0.103. The average molecular weight is 1020 g/mol. The van der Waals surface area contributed by atoms with Crippen LogP contribution in [0.4, 0.5) is 0 Å². The molecule has 71 heavy (non-hydrogen) atoms. The summed E-state index contributed by atoms with van der Waals surface area (Å²) in [5.41, 5.74) is 17.9. The van der Waals surface area contributed by atoms with Crippen LogP contribution in [-0.4, -0.2) is 147 Å². The van der Waals surface area contributed by atoms with Crippen molar-refractivity contribution in [1.82, 2.24) is 42.5 Å². The summed E-state index contributed by atoms with van der Waals surface area (Å²) in [5.74, 6) is -10.7. The first-order valence-corrected chi connectivity index (χ1v) is 23.5. The lowest BCUT2D eigenvalue weighted by atomic mass is 10.00. The first-order valence-electron chi connectivity index (χ1n) is 22.9. The second kappa shape index (κ2) is 30.0. The quantitative estimate of drug-likeness (QED) is 0.0267. The van der Waals surface area contributed by atoms with Gasteiger partial charge in [0.15, 0.2) is 0 Å². The maximum absolute atomic E-state index is 14.2. The van der Waals surface area contributed by atoms with Crippen molar-refractivity contribution < 1.29 is 63.3 Å². The molecule has 2 rings (SSSR count). The van der Waals surface area contributed by atoms with Gasteiger partial charge in [-0.15, -0.1) is 0 Å². The predicted molar refractivity (Wildman–Crippen MR) is 261 cm³/mol. The fourth-order valence-electron chi connectivity index (χ4n) is 6.70. The normalized spacial score (nSPS) is 15.3. The van der Waals surface area contributed by atoms with Gasteiger partial charge < -0.3 is 75.1 Å². The molecule has 0 aliphatic rings. The van der Waals surface area contributed by atoms with Crippen molar-refractivity contribution in [2.45, 2.75) is 134 Å². The molecule has 9 amide bonds. The average Bonchev–Trinajstić information content (AvgIpc) is 3.30. The number of rotatable bonds is 30. The molecule has 0 aliphatic heterocycles. The van der Waals surface area contributed by atoms with E-state index in [1.807, 2.05) is 0 Å². The zero-order valence-electron chi connectivity index (χ0n) is 40.3. The Kier molecular flexibility index (Phi) is 25.5. The molecule has 2 aromatic carbocycles. The summed E-state index contributed by atoms with van der Waals surface area (Å²) >= 11 is 3.89. The number of aliphatic hydroxyl groups excluding tert-OH is 1. The summed E-state index contributed by atoms with van der Waals surface area (Å²) < 4.78 is 0. The summed E-state index contributed by atoms with van der Waals surface area (Å²) in [6, 6.07) is 1.21. The van der Waals surface area contributed by atoms with Crippen LogP contribution in [0.25, 0.3) is 0 Å². The van der Waals surface area contributed by atoms with Gasteiger partial charge in [0.1, 0.15) is 54.1 Å². The SMILES string of the molecule is CC(C)[C@H](NC(=O)[C@H](C)NC(=O)[C@@H](N)CCCCN)C(=O)N[C@@H](Cc1ccc(O)cc1)C(=O)N[C@@H](CC(N)=O)C(=O)N[C@@H](Cc1ccccc1)C(=O)N[C@@H](C)C(=O)N[C@H](C(=O)N[C@@H](CS)C(=O)O)[C@@H](C)O. The van der Waals surface area contributed by atoms with Crippen LogP contribution in [0.1, 0.15) is 71.4 Å². The summed E-state index contributed by atoms with van der Waals surface area (Å²) in [4.78, 5) is 132. The number of primary amides is 1. The minimum atomic E-state index is -1.77. The molecule has 0 saturated carbocycles. The van der Waals surface area contributed by atoms with Gasteiger partial charge in [-0.25, -0.2) is 4.79 Å². The Morgan fingerprint density at radius 3 is 1.51 bits per heavy atom. The number of phenols is 1. The summed E-state index contributed by atoms with van der Waals surface area (Å²) in [6.45, 7) is 7.45. The molecule has 0 heterocycles. The zero-order chi connectivity index (χ0) is 53.5. The number of carbonyl (C=O) groups is 10. The fourth-order valence-corrected chi connectivity index (χ4v) is 6.95. The highest BCUT2D eigenvalue weighted by atomic mass is 32.1. The van der Waals surface area contributed by atoms with Gasteiger partial charge in [0.25, 0.3) is 0 Å². The van der Waals surface area contributed by atoms with Crippen molar-refractivity contribution in [1.29, 1.82) is 0 Å². The van der Waals surface area contributed by atoms with Gasteiger partial charge in [-0.05, 0) is 69.3 Å². The molecule has 0 aromatic heterocycles. The number of aromatic hydroxyl groups is 1. The van der Waals surface area contributed by atoms with E-state index in [1.165, 1.54) is 45.0 Å². The first-order chi connectivity index (χ1) is 33.4. The van der Waals surface area contributed by atoms with Crippen molar-refractivity contribution in [3.05, 3.63) is 65.7 Å². The number of carboxylic acid groups (broad SMARTS) is 1. The Hall–Kier alpha value is -6.83. The second-order valence-corrected chi connectivity index (χ2v) is 17.7. The van der Waals surface area contributed by atoms with Crippen LogP contribution in [0.5, 0.6) is 5.75 Å². The Morgan fingerprint density at radius 1 is 0.563 bits per heavy atom. The number of carboxylic acids is 1. The van der Waals surface area contributed by atoms with E-state index in [4.69, 9.17) is 17.2 Å². The van der Waals surface area contributed by atoms with Crippen molar-refractivity contribution in [2.75, 3.05) is 12.3 Å². The predicted octanol–water partition coefficient (Wildman–Crippen LogP) is -3.52. The lowest BCUT2D eigenvalue weighted by Crippen LogP contribution is -2.61. The maximum Gasteiger partial charge on any atom is 0.327 e. The fraction of sp³-hybridized carbons (Fsp3) is 0.522. The molecule has 10 atom stereocenters. The van der Waals surface area contributed by atoms with Crippen LogP contribution in [-0.2, 0) is 60.8 Å². The highest BCUT2D eigenvalue weighted by molar-refractivity contribution is 7.80. The number of thiol groups is 1.